The first-order chi connectivity index (χ1) is 12.6. The first kappa shape index (κ1) is 16.3. The van der Waals surface area contributed by atoms with Gasteiger partial charge in [0.2, 0.25) is 0 Å². The maximum atomic E-state index is 12.9. The van der Waals surface area contributed by atoms with Crippen LogP contribution >= 0.6 is 0 Å². The molecule has 1 aliphatic carbocycles. The molecule has 0 radical (unpaired) electrons. The molecule has 0 spiro atoms. The van der Waals surface area contributed by atoms with Gasteiger partial charge in [-0.3, -0.25) is 9.59 Å². The van der Waals surface area contributed by atoms with Crippen LogP contribution in [-0.2, 0) is 4.79 Å². The first-order valence-electron chi connectivity index (χ1n) is 8.59. The van der Waals surface area contributed by atoms with Gasteiger partial charge in [0.15, 0.2) is 5.76 Å². The third kappa shape index (κ3) is 3.06. The van der Waals surface area contributed by atoms with Gasteiger partial charge in [-0.2, -0.15) is 0 Å². The van der Waals surface area contributed by atoms with Crippen molar-refractivity contribution >= 4 is 22.8 Å². The number of benzene rings is 1. The van der Waals surface area contributed by atoms with Crippen LogP contribution in [0.2, 0.25) is 0 Å². The van der Waals surface area contributed by atoms with Gasteiger partial charge in [0, 0.05) is 11.4 Å². The number of furan rings is 1. The van der Waals surface area contributed by atoms with Crippen molar-refractivity contribution in [1.29, 1.82) is 0 Å². The standard InChI is InChI=1S/C20H18N2O4/c23-19(21-13-8-7-12(10-13)20(24)25)15-11-17(18-6-3-9-26-18)22-16-5-2-1-4-14(15)16/h1-6,9,11-13H,7-8,10H2,(H,21,23)(H,24,25)/t12-,13+/m1/s1. The largest absolute Gasteiger partial charge is 0.481 e. The van der Waals surface area contributed by atoms with Crippen molar-refractivity contribution in [1.82, 2.24) is 10.3 Å². The lowest BCUT2D eigenvalue weighted by molar-refractivity contribution is -0.141. The van der Waals surface area contributed by atoms with Gasteiger partial charge in [-0.1, -0.05) is 18.2 Å². The molecule has 1 aromatic carbocycles. The highest BCUT2D eigenvalue weighted by atomic mass is 16.4. The Morgan fingerprint density at radius 3 is 2.73 bits per heavy atom. The number of hydrogen-bond donors (Lipinski definition) is 2. The van der Waals surface area contributed by atoms with Gasteiger partial charge in [-0.05, 0) is 43.5 Å². The quantitative estimate of drug-likeness (QED) is 0.751. The third-order valence-corrected chi connectivity index (χ3v) is 4.85. The number of carboxylic acid groups (broad SMARTS) is 1. The number of carboxylic acids is 1. The van der Waals surface area contributed by atoms with Gasteiger partial charge in [0.1, 0.15) is 5.69 Å². The molecular weight excluding hydrogens is 332 g/mol. The molecule has 2 atom stereocenters. The lowest BCUT2D eigenvalue weighted by Gasteiger charge is -2.14. The number of fused-ring (bicyclic) bond motifs is 1. The van der Waals surface area contributed by atoms with E-state index in [4.69, 9.17) is 9.52 Å². The van der Waals surface area contributed by atoms with Crippen LogP contribution in [0.1, 0.15) is 29.6 Å². The Kier molecular flexibility index (Phi) is 4.16. The predicted octanol–water partition coefficient (Wildman–Crippen LogP) is 3.48. The minimum atomic E-state index is -0.795. The number of carbonyl (C=O) groups excluding carboxylic acids is 1. The molecule has 2 aromatic heterocycles. The highest BCUT2D eigenvalue weighted by Crippen LogP contribution is 2.28. The average molecular weight is 350 g/mol. The summed E-state index contributed by atoms with van der Waals surface area (Å²) in [5.74, 6) is -0.798. The maximum Gasteiger partial charge on any atom is 0.306 e. The summed E-state index contributed by atoms with van der Waals surface area (Å²) in [7, 11) is 0. The van der Waals surface area contributed by atoms with Crippen LogP contribution in [0.5, 0.6) is 0 Å². The number of hydrogen-bond acceptors (Lipinski definition) is 4. The SMILES string of the molecule is O=C(N[C@H]1CC[C@@H](C(=O)O)C1)c1cc(-c2ccco2)nc2ccccc12. The van der Waals surface area contributed by atoms with Gasteiger partial charge >= 0.3 is 5.97 Å². The van der Waals surface area contributed by atoms with Crippen LogP contribution in [0.3, 0.4) is 0 Å². The zero-order chi connectivity index (χ0) is 18.1. The molecular formula is C20H18N2O4. The van der Waals surface area contributed by atoms with Crippen molar-refractivity contribution in [3.8, 4) is 11.5 Å². The van der Waals surface area contributed by atoms with E-state index in [0.29, 0.717) is 41.8 Å². The average Bonchev–Trinajstić information content (AvgIpc) is 3.32. The molecule has 2 N–H and O–H groups in total. The van der Waals surface area contributed by atoms with E-state index in [0.717, 1.165) is 5.39 Å². The summed E-state index contributed by atoms with van der Waals surface area (Å²) in [6.07, 6.45) is 3.30. The Hall–Kier alpha value is -3.15. The summed E-state index contributed by atoms with van der Waals surface area (Å²) in [6, 6.07) is 12.6. The van der Waals surface area contributed by atoms with E-state index >= 15 is 0 Å². The molecule has 1 fully saturated rings. The van der Waals surface area contributed by atoms with Gasteiger partial charge in [-0.15, -0.1) is 0 Å². The number of pyridine rings is 1. The zero-order valence-corrected chi connectivity index (χ0v) is 14.0. The second-order valence-corrected chi connectivity index (χ2v) is 6.57. The smallest absolute Gasteiger partial charge is 0.306 e. The van der Waals surface area contributed by atoms with Crippen molar-refractivity contribution in [3.05, 3.63) is 54.3 Å². The van der Waals surface area contributed by atoms with Gasteiger partial charge in [-0.25, -0.2) is 4.98 Å². The number of nitrogens with zero attached hydrogens (tertiary/aromatic N) is 1. The zero-order valence-electron chi connectivity index (χ0n) is 14.0. The number of para-hydroxylation sites is 1. The van der Waals surface area contributed by atoms with Crippen molar-refractivity contribution in [3.63, 3.8) is 0 Å². The molecule has 0 bridgehead atoms. The minimum absolute atomic E-state index is 0.123. The molecule has 1 aliphatic rings. The molecule has 3 aromatic rings. The molecule has 26 heavy (non-hydrogen) atoms. The number of rotatable bonds is 4. The Morgan fingerprint density at radius 2 is 2.00 bits per heavy atom. The van der Waals surface area contributed by atoms with E-state index in [9.17, 15) is 9.59 Å². The fourth-order valence-electron chi connectivity index (χ4n) is 3.51. The van der Waals surface area contributed by atoms with E-state index in [1.54, 1.807) is 24.5 Å². The van der Waals surface area contributed by atoms with Crippen molar-refractivity contribution in [2.75, 3.05) is 0 Å². The second-order valence-electron chi connectivity index (χ2n) is 6.57. The lowest BCUT2D eigenvalue weighted by Crippen LogP contribution is -2.33. The number of carbonyl (C=O) groups is 2. The van der Waals surface area contributed by atoms with Crippen LogP contribution in [0.4, 0.5) is 0 Å². The van der Waals surface area contributed by atoms with Gasteiger partial charge in [0.25, 0.3) is 5.91 Å². The number of nitrogens with one attached hydrogen (secondary N) is 1. The molecule has 1 amide bonds. The Labute approximate surface area is 149 Å². The topological polar surface area (TPSA) is 92.4 Å². The normalized spacial score (nSPS) is 19.5. The highest BCUT2D eigenvalue weighted by Gasteiger charge is 2.31. The van der Waals surface area contributed by atoms with Crippen LogP contribution < -0.4 is 5.32 Å². The monoisotopic (exact) mass is 350 g/mol. The fraction of sp³-hybridized carbons (Fsp3) is 0.250. The molecule has 2 heterocycles. The Balaban J connectivity index is 1.66. The summed E-state index contributed by atoms with van der Waals surface area (Å²) < 4.78 is 5.42. The number of aliphatic carboxylic acids is 1. The van der Waals surface area contributed by atoms with Crippen molar-refractivity contribution < 1.29 is 19.1 Å². The minimum Gasteiger partial charge on any atom is -0.481 e. The number of amides is 1. The van der Waals surface area contributed by atoms with E-state index in [-0.39, 0.29) is 17.9 Å². The van der Waals surface area contributed by atoms with Crippen molar-refractivity contribution in [2.45, 2.75) is 25.3 Å². The molecule has 1 saturated carbocycles. The van der Waals surface area contributed by atoms with Crippen molar-refractivity contribution in [2.24, 2.45) is 5.92 Å². The molecule has 0 aliphatic heterocycles. The summed E-state index contributed by atoms with van der Waals surface area (Å²) in [6.45, 7) is 0. The van der Waals surface area contributed by atoms with Gasteiger partial charge < -0.3 is 14.8 Å². The summed E-state index contributed by atoms with van der Waals surface area (Å²) in [5.41, 5.74) is 1.82. The molecule has 4 rings (SSSR count). The summed E-state index contributed by atoms with van der Waals surface area (Å²) >= 11 is 0. The van der Waals surface area contributed by atoms with E-state index in [1.807, 2.05) is 24.3 Å². The summed E-state index contributed by atoms with van der Waals surface area (Å²) in [5, 5.41) is 12.9. The molecule has 6 nitrogen and oxygen atoms in total. The van der Waals surface area contributed by atoms with Crippen LogP contribution in [0.15, 0.2) is 53.1 Å². The predicted molar refractivity (Wildman–Crippen MR) is 95.7 cm³/mol. The van der Waals surface area contributed by atoms with E-state index in [1.165, 1.54) is 0 Å². The van der Waals surface area contributed by atoms with Crippen LogP contribution in [0, 0.1) is 5.92 Å². The Bertz CT molecular complexity index is 965. The molecule has 6 heteroatoms. The first-order valence-corrected chi connectivity index (χ1v) is 8.59. The molecule has 132 valence electrons. The number of aromatic nitrogens is 1. The molecule has 0 unspecified atom stereocenters. The lowest BCUT2D eigenvalue weighted by atomic mass is 10.0. The van der Waals surface area contributed by atoms with Crippen LogP contribution in [-0.4, -0.2) is 28.0 Å². The Morgan fingerprint density at radius 1 is 1.15 bits per heavy atom. The van der Waals surface area contributed by atoms with E-state index in [2.05, 4.69) is 10.3 Å². The fourth-order valence-corrected chi connectivity index (χ4v) is 3.51. The van der Waals surface area contributed by atoms with Gasteiger partial charge in [0.05, 0.1) is 23.3 Å². The summed E-state index contributed by atoms with van der Waals surface area (Å²) in [4.78, 5) is 28.6. The van der Waals surface area contributed by atoms with E-state index < -0.39 is 5.97 Å². The second kappa shape index (κ2) is 6.63. The van der Waals surface area contributed by atoms with Crippen LogP contribution in [0.25, 0.3) is 22.4 Å². The highest BCUT2D eigenvalue weighted by molar-refractivity contribution is 6.07. The maximum absolute atomic E-state index is 12.9. The third-order valence-electron chi connectivity index (χ3n) is 4.85. The molecule has 0 saturated heterocycles.